The third-order valence-corrected chi connectivity index (χ3v) is 12.9. The first kappa shape index (κ1) is 35.8. The zero-order valence-corrected chi connectivity index (χ0v) is 29.6. The number of piperidine rings is 1. The molecule has 3 aromatic rings. The van der Waals surface area contributed by atoms with Crippen LogP contribution in [-0.2, 0) is 27.9 Å². The standard InChI is InChI=1S/C36H48F3N5O4S/c1-22-10-7-5-6-8-15-43-33-28(20-30(34(43)45)35(46)13-16-49(47,48)17-14-35)32(40-21-41-33)42-25(4)27-11-9-12-29(31(27)37)36(38,39)26-18-23(2)44(22)24(3)19-26/h9,11-12,20-26,46H,5-8,10,13-19H2,1-4H3,(H,40,41,42)/t22?,23?,24?,25-,26?/m1/s1. The summed E-state index contributed by atoms with van der Waals surface area (Å²) in [7, 11) is -3.34. The summed E-state index contributed by atoms with van der Waals surface area (Å²) >= 11 is 0. The lowest BCUT2D eigenvalue weighted by atomic mass is 9.79. The fraction of sp³-hybridized carbons (Fsp3) is 0.639. The number of anilines is 1. The van der Waals surface area contributed by atoms with Gasteiger partial charge in [0, 0.05) is 41.7 Å². The Morgan fingerprint density at radius 2 is 1.61 bits per heavy atom. The van der Waals surface area contributed by atoms with E-state index in [0.717, 1.165) is 25.7 Å². The van der Waals surface area contributed by atoms with Crippen LogP contribution >= 0.6 is 0 Å². The maximum absolute atomic E-state index is 16.3. The number of benzene rings is 1. The fourth-order valence-corrected chi connectivity index (χ4v) is 10.1. The fourth-order valence-electron chi connectivity index (χ4n) is 8.60. The van der Waals surface area contributed by atoms with E-state index < -0.39 is 50.3 Å². The molecule has 9 nitrogen and oxygen atoms in total. The van der Waals surface area contributed by atoms with Gasteiger partial charge in [-0.2, -0.15) is 0 Å². The molecule has 2 aromatic heterocycles. The highest BCUT2D eigenvalue weighted by molar-refractivity contribution is 7.91. The molecule has 268 valence electrons. The Balaban J connectivity index is 1.45. The second kappa shape index (κ2) is 13.6. The molecule has 2 saturated heterocycles. The van der Waals surface area contributed by atoms with Crippen molar-refractivity contribution in [3.05, 3.63) is 63.5 Å². The Labute approximate surface area is 286 Å². The zero-order valence-electron chi connectivity index (χ0n) is 28.8. The van der Waals surface area contributed by atoms with Gasteiger partial charge in [-0.05, 0) is 72.3 Å². The SMILES string of the molecule is CC1CCCCCCn2c(=O)c(C3(O)CCS(=O)(=O)CC3)cc3c(ncnc32)N[C@H](C)c2cccc(c2F)C(F)(F)C2CC(C)N1C(C)C2. The van der Waals surface area contributed by atoms with Gasteiger partial charge >= 0.3 is 0 Å². The molecule has 0 radical (unpaired) electrons. The van der Waals surface area contributed by atoms with Crippen LogP contribution in [0, 0.1) is 11.7 Å². The average molecular weight is 704 g/mol. The lowest BCUT2D eigenvalue weighted by Crippen LogP contribution is -2.53. The number of sulfone groups is 1. The van der Waals surface area contributed by atoms with Crippen LogP contribution < -0.4 is 10.9 Å². The number of rotatable bonds is 1. The summed E-state index contributed by atoms with van der Waals surface area (Å²) in [6, 6.07) is 4.85. The van der Waals surface area contributed by atoms with E-state index in [1.807, 2.05) is 13.8 Å². The summed E-state index contributed by atoms with van der Waals surface area (Å²) in [4.78, 5) is 25.2. The number of halogens is 3. The molecule has 0 amide bonds. The van der Waals surface area contributed by atoms with E-state index in [1.54, 1.807) is 6.92 Å². The van der Waals surface area contributed by atoms with Crippen LogP contribution in [0.15, 0.2) is 35.4 Å². The summed E-state index contributed by atoms with van der Waals surface area (Å²) in [6.07, 6.45) is 5.86. The molecule has 2 N–H and O–H groups in total. The molecule has 7 rings (SSSR count). The monoisotopic (exact) mass is 703 g/mol. The summed E-state index contributed by atoms with van der Waals surface area (Å²) < 4.78 is 74.8. The van der Waals surface area contributed by atoms with Crippen molar-refractivity contribution in [3.8, 4) is 0 Å². The van der Waals surface area contributed by atoms with Gasteiger partial charge in [0.1, 0.15) is 23.6 Å². The molecule has 6 heterocycles. The van der Waals surface area contributed by atoms with Gasteiger partial charge in [0.15, 0.2) is 9.84 Å². The molecule has 0 spiro atoms. The Morgan fingerprint density at radius 1 is 0.939 bits per heavy atom. The van der Waals surface area contributed by atoms with E-state index in [4.69, 9.17) is 0 Å². The van der Waals surface area contributed by atoms with Gasteiger partial charge in [-0.15, -0.1) is 0 Å². The van der Waals surface area contributed by atoms with E-state index in [0.29, 0.717) is 24.0 Å². The van der Waals surface area contributed by atoms with Gasteiger partial charge in [-0.3, -0.25) is 14.3 Å². The summed E-state index contributed by atoms with van der Waals surface area (Å²) in [5.74, 6) is -5.61. The third kappa shape index (κ3) is 6.87. The van der Waals surface area contributed by atoms with Crippen LogP contribution in [0.1, 0.15) is 108 Å². The number of aromatic nitrogens is 3. The first-order valence-corrected chi connectivity index (χ1v) is 19.5. The number of nitrogens with zero attached hydrogens (tertiary/aromatic N) is 4. The molecule has 4 aliphatic rings. The molecule has 4 atom stereocenters. The van der Waals surface area contributed by atoms with Gasteiger partial charge < -0.3 is 10.4 Å². The van der Waals surface area contributed by atoms with E-state index in [-0.39, 0.29) is 72.3 Å². The predicted molar refractivity (Wildman–Crippen MR) is 184 cm³/mol. The van der Waals surface area contributed by atoms with Crippen LogP contribution in [0.5, 0.6) is 0 Å². The summed E-state index contributed by atoms with van der Waals surface area (Å²) in [5.41, 5.74) is -2.30. The summed E-state index contributed by atoms with van der Waals surface area (Å²) in [6.45, 7) is 8.12. The highest BCUT2D eigenvalue weighted by Crippen LogP contribution is 2.47. The minimum absolute atomic E-state index is 0.0478. The van der Waals surface area contributed by atoms with Gasteiger partial charge in [0.2, 0.25) is 0 Å². The Kier molecular flexibility index (Phi) is 9.93. The smallest absolute Gasteiger partial charge is 0.278 e. The molecule has 1 aromatic carbocycles. The van der Waals surface area contributed by atoms with Gasteiger partial charge in [0.25, 0.3) is 11.5 Å². The lowest BCUT2D eigenvalue weighted by Gasteiger charge is -2.47. The van der Waals surface area contributed by atoms with Crippen LogP contribution in [-0.4, -0.2) is 62.6 Å². The van der Waals surface area contributed by atoms with Gasteiger partial charge in [-0.1, -0.05) is 37.5 Å². The van der Waals surface area contributed by atoms with Gasteiger partial charge in [0.05, 0.1) is 34.1 Å². The first-order chi connectivity index (χ1) is 23.1. The van der Waals surface area contributed by atoms with Gasteiger partial charge in [-0.25, -0.2) is 31.6 Å². The second-order valence-corrected chi connectivity index (χ2v) is 17.0. The van der Waals surface area contributed by atoms with Crippen molar-refractivity contribution in [1.82, 2.24) is 19.4 Å². The topological polar surface area (TPSA) is 117 Å². The number of aryl methyl sites for hydroxylation is 1. The number of nitrogens with one attached hydrogen (secondary N) is 1. The van der Waals surface area contributed by atoms with Crippen molar-refractivity contribution >= 4 is 26.7 Å². The van der Waals surface area contributed by atoms with Crippen molar-refractivity contribution in [2.75, 3.05) is 16.8 Å². The predicted octanol–water partition coefficient (Wildman–Crippen LogP) is 6.43. The molecule has 3 unspecified atom stereocenters. The van der Waals surface area contributed by atoms with E-state index in [9.17, 15) is 18.3 Å². The van der Waals surface area contributed by atoms with Crippen molar-refractivity contribution in [1.29, 1.82) is 0 Å². The molecule has 8 bridgehead atoms. The molecule has 13 heteroatoms. The zero-order chi connectivity index (χ0) is 35.3. The molecule has 2 fully saturated rings. The number of hydrogen-bond donors (Lipinski definition) is 2. The Morgan fingerprint density at radius 3 is 2.31 bits per heavy atom. The lowest BCUT2D eigenvalue weighted by molar-refractivity contribution is -0.112. The van der Waals surface area contributed by atoms with Crippen molar-refractivity contribution < 1.29 is 26.7 Å². The average Bonchev–Trinajstić information content (AvgIpc) is 3.04. The molecular formula is C36H48F3N5O4S. The highest BCUT2D eigenvalue weighted by Gasteiger charge is 2.49. The van der Waals surface area contributed by atoms with Crippen molar-refractivity contribution in [2.24, 2.45) is 5.92 Å². The van der Waals surface area contributed by atoms with Crippen LogP contribution in [0.2, 0.25) is 0 Å². The molecule has 49 heavy (non-hydrogen) atoms. The third-order valence-electron chi connectivity index (χ3n) is 11.3. The van der Waals surface area contributed by atoms with Crippen molar-refractivity contribution in [2.45, 2.75) is 128 Å². The molecular weight excluding hydrogens is 655 g/mol. The highest BCUT2D eigenvalue weighted by atomic mass is 32.2. The minimum atomic E-state index is -3.38. The molecule has 0 saturated carbocycles. The van der Waals surface area contributed by atoms with E-state index >= 15 is 13.2 Å². The van der Waals surface area contributed by atoms with E-state index in [2.05, 4.69) is 27.1 Å². The molecule has 4 aliphatic heterocycles. The Hall–Kier alpha value is -3.03. The largest absolute Gasteiger partial charge is 0.385 e. The van der Waals surface area contributed by atoms with Crippen molar-refractivity contribution in [3.63, 3.8) is 0 Å². The Bertz CT molecular complexity index is 1840. The number of pyridine rings is 1. The summed E-state index contributed by atoms with van der Waals surface area (Å²) in [5, 5.41) is 15.3. The maximum atomic E-state index is 16.3. The molecule has 0 aliphatic carbocycles. The number of aliphatic hydroxyl groups is 1. The van der Waals surface area contributed by atoms with E-state index in [1.165, 1.54) is 35.2 Å². The van der Waals surface area contributed by atoms with Crippen LogP contribution in [0.25, 0.3) is 11.0 Å². The van der Waals surface area contributed by atoms with Crippen LogP contribution in [0.3, 0.4) is 0 Å². The number of hydrogen-bond acceptors (Lipinski definition) is 8. The maximum Gasteiger partial charge on any atom is 0.278 e. The minimum Gasteiger partial charge on any atom is -0.385 e. The number of fused-ring (bicyclic) bond motifs is 9. The first-order valence-electron chi connectivity index (χ1n) is 17.7. The number of alkyl halides is 2. The van der Waals surface area contributed by atoms with Crippen LogP contribution in [0.4, 0.5) is 19.0 Å². The second-order valence-electron chi connectivity index (χ2n) is 14.7. The quantitative estimate of drug-likeness (QED) is 0.298. The normalized spacial score (nSPS) is 30.4.